The van der Waals surface area contributed by atoms with Crippen LogP contribution in [-0.2, 0) is 0 Å². The summed E-state index contributed by atoms with van der Waals surface area (Å²) in [6.07, 6.45) is 1.10. The van der Waals surface area contributed by atoms with Crippen molar-refractivity contribution in [2.75, 3.05) is 24.3 Å². The van der Waals surface area contributed by atoms with Gasteiger partial charge in [-0.3, -0.25) is 0 Å². The Morgan fingerprint density at radius 3 is 2.56 bits per heavy atom. The smallest absolute Gasteiger partial charge is 0.142 e. The summed E-state index contributed by atoms with van der Waals surface area (Å²) >= 11 is 0. The van der Waals surface area contributed by atoms with E-state index in [0.29, 0.717) is 6.04 Å². The molecule has 0 fully saturated rings. The fraction of sp³-hybridized carbons (Fsp3) is 0.538. The fourth-order valence-corrected chi connectivity index (χ4v) is 1.87. The molecule has 1 unspecified atom stereocenters. The van der Waals surface area contributed by atoms with E-state index in [4.69, 9.17) is 10.5 Å². The zero-order valence-electron chi connectivity index (χ0n) is 10.7. The Balaban J connectivity index is 3.11. The average molecular weight is 222 g/mol. The number of ether oxygens (including phenoxy) is 1. The maximum atomic E-state index is 5.83. The first-order valence-electron chi connectivity index (χ1n) is 5.84. The molecule has 2 N–H and O–H groups in total. The molecule has 1 aromatic rings. The molecule has 16 heavy (non-hydrogen) atoms. The van der Waals surface area contributed by atoms with E-state index < -0.39 is 0 Å². The number of rotatable bonds is 5. The maximum Gasteiger partial charge on any atom is 0.142 e. The summed E-state index contributed by atoms with van der Waals surface area (Å²) in [6, 6.07) is 6.26. The van der Waals surface area contributed by atoms with Crippen LogP contribution in [-0.4, -0.2) is 19.7 Å². The molecule has 1 aromatic carbocycles. The van der Waals surface area contributed by atoms with Crippen LogP contribution in [0.2, 0.25) is 0 Å². The van der Waals surface area contributed by atoms with Crippen LogP contribution in [0, 0.1) is 0 Å². The molecule has 0 saturated carbocycles. The molecule has 0 radical (unpaired) electrons. The van der Waals surface area contributed by atoms with Gasteiger partial charge in [-0.15, -0.1) is 0 Å². The number of nitrogens with zero attached hydrogens (tertiary/aromatic N) is 1. The molecule has 3 heteroatoms. The van der Waals surface area contributed by atoms with Crippen molar-refractivity contribution >= 4 is 11.4 Å². The van der Waals surface area contributed by atoms with Crippen molar-refractivity contribution in [3.05, 3.63) is 18.2 Å². The fourth-order valence-electron chi connectivity index (χ4n) is 1.87. The highest BCUT2D eigenvalue weighted by Gasteiger charge is 2.15. The van der Waals surface area contributed by atoms with Crippen LogP contribution in [0.4, 0.5) is 11.4 Å². The molecule has 0 saturated heterocycles. The zero-order valence-corrected chi connectivity index (χ0v) is 10.7. The summed E-state index contributed by atoms with van der Waals surface area (Å²) in [5.41, 5.74) is 7.69. The van der Waals surface area contributed by atoms with E-state index in [0.717, 1.165) is 30.1 Å². The monoisotopic (exact) mass is 222 g/mol. The molecule has 90 valence electrons. The minimum atomic E-state index is 0.487. The standard InChI is InChI=1S/C13H22N2O/c1-5-10(3)15(6-2)12-9-11(14)7-8-13(12)16-4/h7-10H,5-6,14H2,1-4H3. The number of nitrogen functional groups attached to an aromatic ring is 1. The number of nitrogens with two attached hydrogens (primary N) is 1. The normalized spacial score (nSPS) is 12.2. The van der Waals surface area contributed by atoms with Gasteiger partial charge in [-0.2, -0.15) is 0 Å². The van der Waals surface area contributed by atoms with E-state index in [1.165, 1.54) is 0 Å². The van der Waals surface area contributed by atoms with E-state index in [2.05, 4.69) is 25.7 Å². The van der Waals surface area contributed by atoms with Crippen LogP contribution in [0.3, 0.4) is 0 Å². The second-order valence-corrected chi connectivity index (χ2v) is 3.97. The summed E-state index contributed by atoms with van der Waals surface area (Å²) in [6.45, 7) is 7.50. The number of hydrogen-bond donors (Lipinski definition) is 1. The number of hydrogen-bond acceptors (Lipinski definition) is 3. The van der Waals surface area contributed by atoms with Crippen LogP contribution in [0.25, 0.3) is 0 Å². The summed E-state index contributed by atoms with van der Waals surface area (Å²) < 4.78 is 5.38. The minimum absolute atomic E-state index is 0.487. The Kier molecular flexibility index (Phi) is 4.47. The van der Waals surface area contributed by atoms with Gasteiger partial charge < -0.3 is 15.4 Å². The van der Waals surface area contributed by atoms with Gasteiger partial charge in [-0.05, 0) is 38.5 Å². The van der Waals surface area contributed by atoms with Crippen LogP contribution in [0.15, 0.2) is 18.2 Å². The van der Waals surface area contributed by atoms with E-state index in [1.54, 1.807) is 7.11 Å². The summed E-state index contributed by atoms with van der Waals surface area (Å²) in [7, 11) is 1.69. The highest BCUT2D eigenvalue weighted by molar-refractivity contribution is 5.65. The highest BCUT2D eigenvalue weighted by atomic mass is 16.5. The minimum Gasteiger partial charge on any atom is -0.495 e. The third-order valence-electron chi connectivity index (χ3n) is 2.98. The molecular weight excluding hydrogens is 200 g/mol. The van der Waals surface area contributed by atoms with Gasteiger partial charge in [0.1, 0.15) is 5.75 Å². The predicted octanol–water partition coefficient (Wildman–Crippen LogP) is 2.90. The number of anilines is 2. The Hall–Kier alpha value is -1.38. The van der Waals surface area contributed by atoms with Gasteiger partial charge in [0.15, 0.2) is 0 Å². The summed E-state index contributed by atoms with van der Waals surface area (Å²) in [4.78, 5) is 2.31. The van der Waals surface area contributed by atoms with Crippen molar-refractivity contribution in [2.24, 2.45) is 0 Å². The van der Waals surface area contributed by atoms with Crippen molar-refractivity contribution in [3.8, 4) is 5.75 Å². The van der Waals surface area contributed by atoms with Crippen molar-refractivity contribution in [3.63, 3.8) is 0 Å². The maximum absolute atomic E-state index is 5.83. The lowest BCUT2D eigenvalue weighted by Gasteiger charge is -2.30. The second kappa shape index (κ2) is 5.64. The molecule has 3 nitrogen and oxygen atoms in total. The first-order chi connectivity index (χ1) is 7.63. The van der Waals surface area contributed by atoms with Crippen molar-refractivity contribution in [2.45, 2.75) is 33.2 Å². The molecule has 1 atom stereocenters. The van der Waals surface area contributed by atoms with Gasteiger partial charge in [0.25, 0.3) is 0 Å². The average Bonchev–Trinajstić information content (AvgIpc) is 2.30. The van der Waals surface area contributed by atoms with Crippen LogP contribution in [0.5, 0.6) is 5.75 Å². The Labute approximate surface area is 98.2 Å². The van der Waals surface area contributed by atoms with Gasteiger partial charge in [0.2, 0.25) is 0 Å². The molecule has 0 spiro atoms. The molecular formula is C13H22N2O. The van der Waals surface area contributed by atoms with E-state index in [1.807, 2.05) is 18.2 Å². The Morgan fingerprint density at radius 2 is 2.06 bits per heavy atom. The first kappa shape index (κ1) is 12.7. The lowest BCUT2D eigenvalue weighted by atomic mass is 10.1. The molecule has 0 heterocycles. The van der Waals surface area contributed by atoms with Crippen LogP contribution < -0.4 is 15.4 Å². The zero-order chi connectivity index (χ0) is 12.1. The third kappa shape index (κ3) is 2.60. The highest BCUT2D eigenvalue weighted by Crippen LogP contribution is 2.31. The molecule has 0 aromatic heterocycles. The van der Waals surface area contributed by atoms with Gasteiger partial charge in [-0.25, -0.2) is 0 Å². The number of benzene rings is 1. The molecule has 0 aliphatic rings. The lowest BCUT2D eigenvalue weighted by molar-refractivity contribution is 0.413. The summed E-state index contributed by atoms with van der Waals surface area (Å²) in [5, 5.41) is 0. The molecule has 0 aliphatic heterocycles. The Morgan fingerprint density at radius 1 is 1.38 bits per heavy atom. The lowest BCUT2D eigenvalue weighted by Crippen LogP contribution is -2.32. The van der Waals surface area contributed by atoms with E-state index in [-0.39, 0.29) is 0 Å². The molecule has 1 rings (SSSR count). The quantitative estimate of drug-likeness (QED) is 0.778. The number of methoxy groups -OCH3 is 1. The van der Waals surface area contributed by atoms with Gasteiger partial charge in [0, 0.05) is 18.3 Å². The largest absolute Gasteiger partial charge is 0.495 e. The topological polar surface area (TPSA) is 38.5 Å². The van der Waals surface area contributed by atoms with E-state index >= 15 is 0 Å². The SMILES string of the molecule is CCC(C)N(CC)c1cc(N)ccc1OC. The Bertz CT molecular complexity index is 339. The second-order valence-electron chi connectivity index (χ2n) is 3.97. The van der Waals surface area contributed by atoms with Crippen molar-refractivity contribution < 1.29 is 4.74 Å². The van der Waals surface area contributed by atoms with Crippen LogP contribution >= 0.6 is 0 Å². The predicted molar refractivity (Wildman–Crippen MR) is 70.2 cm³/mol. The van der Waals surface area contributed by atoms with Crippen molar-refractivity contribution in [1.82, 2.24) is 0 Å². The van der Waals surface area contributed by atoms with E-state index in [9.17, 15) is 0 Å². The molecule has 0 bridgehead atoms. The van der Waals surface area contributed by atoms with Gasteiger partial charge >= 0.3 is 0 Å². The first-order valence-corrected chi connectivity index (χ1v) is 5.84. The molecule has 0 aliphatic carbocycles. The third-order valence-corrected chi connectivity index (χ3v) is 2.98. The van der Waals surface area contributed by atoms with Gasteiger partial charge in [-0.1, -0.05) is 6.92 Å². The van der Waals surface area contributed by atoms with Crippen LogP contribution in [0.1, 0.15) is 27.2 Å². The van der Waals surface area contributed by atoms with Gasteiger partial charge in [0.05, 0.1) is 12.8 Å². The van der Waals surface area contributed by atoms with Crippen molar-refractivity contribution in [1.29, 1.82) is 0 Å². The summed E-state index contributed by atoms with van der Waals surface area (Å²) in [5.74, 6) is 0.886. The molecule has 0 amide bonds.